The van der Waals surface area contributed by atoms with Crippen molar-refractivity contribution in [3.8, 4) is 17.1 Å². The molecule has 0 unspecified atom stereocenters. The Morgan fingerprint density at radius 3 is 3.04 bits per heavy atom. The largest absolute Gasteiger partial charge is 0.496 e. The Labute approximate surface area is 136 Å². The van der Waals surface area contributed by atoms with Gasteiger partial charge in [0.1, 0.15) is 5.75 Å². The Hall–Kier alpha value is -2.42. The molecule has 0 radical (unpaired) electrons. The summed E-state index contributed by atoms with van der Waals surface area (Å²) in [6.45, 7) is 0. The van der Waals surface area contributed by atoms with E-state index >= 15 is 0 Å². The zero-order chi connectivity index (χ0) is 15.6. The van der Waals surface area contributed by atoms with Crippen LogP contribution in [0.25, 0.3) is 11.4 Å². The van der Waals surface area contributed by atoms with Crippen LogP contribution in [0.5, 0.6) is 5.75 Å². The molecule has 0 bridgehead atoms. The smallest absolute Gasteiger partial charge is 0.237 e. The van der Waals surface area contributed by atoms with Crippen molar-refractivity contribution in [1.29, 1.82) is 0 Å². The molecular weight excluding hydrogens is 316 g/mol. The zero-order valence-electron chi connectivity index (χ0n) is 12.4. The monoisotopic (exact) mass is 330 g/mol. The van der Waals surface area contributed by atoms with Crippen LogP contribution in [0.4, 0.5) is 0 Å². The number of para-hydroxylation sites is 1. The van der Waals surface area contributed by atoms with Crippen molar-refractivity contribution in [1.82, 2.24) is 30.3 Å². The van der Waals surface area contributed by atoms with Crippen molar-refractivity contribution in [3.05, 3.63) is 30.2 Å². The predicted molar refractivity (Wildman–Crippen MR) is 81.9 cm³/mol. The maximum atomic E-state index is 5.32. The van der Waals surface area contributed by atoms with Crippen LogP contribution in [0, 0.1) is 0 Å². The van der Waals surface area contributed by atoms with Gasteiger partial charge in [0.05, 0.1) is 24.5 Å². The van der Waals surface area contributed by atoms with Crippen LogP contribution in [-0.2, 0) is 5.75 Å². The molecule has 0 N–H and O–H groups in total. The molecule has 0 spiro atoms. The molecule has 118 valence electrons. The van der Waals surface area contributed by atoms with E-state index in [0.29, 0.717) is 29.3 Å². The topological polar surface area (TPSA) is 91.8 Å². The molecule has 0 atom stereocenters. The van der Waals surface area contributed by atoms with Crippen LogP contribution in [-0.4, -0.2) is 37.5 Å². The summed E-state index contributed by atoms with van der Waals surface area (Å²) in [4.78, 5) is 4.42. The van der Waals surface area contributed by atoms with Crippen LogP contribution in [0.15, 0.2) is 33.9 Å². The van der Waals surface area contributed by atoms with E-state index in [9.17, 15) is 0 Å². The van der Waals surface area contributed by atoms with E-state index in [0.717, 1.165) is 23.6 Å². The lowest BCUT2D eigenvalue weighted by Gasteiger charge is -2.03. The van der Waals surface area contributed by atoms with Gasteiger partial charge >= 0.3 is 0 Å². The van der Waals surface area contributed by atoms with Crippen LogP contribution >= 0.6 is 11.8 Å². The summed E-state index contributed by atoms with van der Waals surface area (Å²) in [6, 6.07) is 8.01. The number of methoxy groups -OCH3 is 1. The highest BCUT2D eigenvalue weighted by Crippen LogP contribution is 2.37. The first-order chi connectivity index (χ1) is 11.3. The molecule has 1 saturated carbocycles. The molecule has 23 heavy (non-hydrogen) atoms. The average Bonchev–Trinajstić information content (AvgIpc) is 3.14. The lowest BCUT2D eigenvalue weighted by molar-refractivity contribution is 0.390. The van der Waals surface area contributed by atoms with Gasteiger partial charge in [0.25, 0.3) is 0 Å². The molecule has 9 heteroatoms. The maximum absolute atomic E-state index is 5.32. The van der Waals surface area contributed by atoms with Crippen LogP contribution in [0.2, 0.25) is 0 Å². The SMILES string of the molecule is COc1ccccc1-c1noc(CSc2nnnn2C2CC2)n1. The summed E-state index contributed by atoms with van der Waals surface area (Å²) in [7, 11) is 1.62. The first-order valence-electron chi connectivity index (χ1n) is 7.22. The van der Waals surface area contributed by atoms with E-state index in [1.807, 2.05) is 28.9 Å². The zero-order valence-corrected chi connectivity index (χ0v) is 13.2. The Bertz CT molecular complexity index is 813. The average molecular weight is 330 g/mol. The van der Waals surface area contributed by atoms with Crippen molar-refractivity contribution >= 4 is 11.8 Å². The Balaban J connectivity index is 1.49. The summed E-state index contributed by atoms with van der Waals surface area (Å²) < 4.78 is 12.5. The summed E-state index contributed by atoms with van der Waals surface area (Å²) in [5, 5.41) is 16.6. The molecule has 4 rings (SSSR count). The fourth-order valence-electron chi connectivity index (χ4n) is 2.21. The second-order valence-corrected chi connectivity index (χ2v) is 6.08. The predicted octanol–water partition coefficient (Wildman–Crippen LogP) is 2.36. The van der Waals surface area contributed by atoms with E-state index in [2.05, 4.69) is 25.7 Å². The minimum atomic E-state index is 0.444. The first-order valence-corrected chi connectivity index (χ1v) is 8.20. The molecule has 8 nitrogen and oxygen atoms in total. The van der Waals surface area contributed by atoms with Gasteiger partial charge in [-0.05, 0) is 35.4 Å². The Kier molecular flexibility index (Phi) is 3.70. The van der Waals surface area contributed by atoms with Crippen molar-refractivity contribution in [2.24, 2.45) is 0 Å². The van der Waals surface area contributed by atoms with Crippen LogP contribution in [0.1, 0.15) is 24.8 Å². The van der Waals surface area contributed by atoms with Gasteiger partial charge in [0.2, 0.25) is 16.9 Å². The van der Waals surface area contributed by atoms with Gasteiger partial charge < -0.3 is 9.26 Å². The number of nitrogens with zero attached hydrogens (tertiary/aromatic N) is 6. The van der Waals surface area contributed by atoms with E-state index in [-0.39, 0.29) is 0 Å². The lowest BCUT2D eigenvalue weighted by atomic mass is 10.2. The number of thioether (sulfide) groups is 1. The van der Waals surface area contributed by atoms with E-state index < -0.39 is 0 Å². The fraction of sp³-hybridized carbons (Fsp3) is 0.357. The highest BCUT2D eigenvalue weighted by atomic mass is 32.2. The number of hydrogen-bond acceptors (Lipinski definition) is 8. The Morgan fingerprint density at radius 1 is 1.35 bits per heavy atom. The molecule has 3 aromatic rings. The molecule has 0 amide bonds. The van der Waals surface area contributed by atoms with Crippen molar-refractivity contribution < 1.29 is 9.26 Å². The number of rotatable bonds is 6. The minimum Gasteiger partial charge on any atom is -0.496 e. The van der Waals surface area contributed by atoms with Gasteiger partial charge in [0.15, 0.2) is 0 Å². The van der Waals surface area contributed by atoms with Gasteiger partial charge in [-0.15, -0.1) is 5.10 Å². The minimum absolute atomic E-state index is 0.444. The third-order valence-corrected chi connectivity index (χ3v) is 4.41. The summed E-state index contributed by atoms with van der Waals surface area (Å²) in [5.41, 5.74) is 0.804. The van der Waals surface area contributed by atoms with Crippen molar-refractivity contribution in [3.63, 3.8) is 0 Å². The second kappa shape index (κ2) is 5.99. The number of hydrogen-bond donors (Lipinski definition) is 0. The molecule has 2 heterocycles. The van der Waals surface area contributed by atoms with Crippen LogP contribution < -0.4 is 4.74 Å². The van der Waals surface area contributed by atoms with Gasteiger partial charge in [-0.25, -0.2) is 4.68 Å². The molecule has 2 aromatic heterocycles. The fourth-order valence-corrected chi connectivity index (χ4v) is 2.99. The highest BCUT2D eigenvalue weighted by molar-refractivity contribution is 7.98. The molecule has 0 saturated heterocycles. The van der Waals surface area contributed by atoms with E-state index in [1.54, 1.807) is 7.11 Å². The molecule has 1 aliphatic carbocycles. The van der Waals surface area contributed by atoms with Gasteiger partial charge in [-0.2, -0.15) is 4.98 Å². The molecule has 1 aromatic carbocycles. The third-order valence-electron chi connectivity index (χ3n) is 3.50. The molecule has 1 fully saturated rings. The molecule has 0 aliphatic heterocycles. The summed E-state index contributed by atoms with van der Waals surface area (Å²) in [6.07, 6.45) is 2.27. The first kappa shape index (κ1) is 14.2. The van der Waals surface area contributed by atoms with E-state index in [1.165, 1.54) is 11.8 Å². The number of benzene rings is 1. The van der Waals surface area contributed by atoms with Crippen LogP contribution in [0.3, 0.4) is 0 Å². The van der Waals surface area contributed by atoms with Crippen molar-refractivity contribution in [2.45, 2.75) is 29.8 Å². The maximum Gasteiger partial charge on any atom is 0.237 e. The quantitative estimate of drug-likeness (QED) is 0.636. The Morgan fingerprint density at radius 2 is 2.22 bits per heavy atom. The number of aromatic nitrogens is 6. The van der Waals surface area contributed by atoms with Gasteiger partial charge in [-0.3, -0.25) is 0 Å². The standard InChI is InChI=1S/C14H14N6O2S/c1-21-11-5-3-2-4-10(11)13-15-12(22-17-13)8-23-14-16-18-19-20(14)9-6-7-9/h2-5,9H,6-8H2,1H3. The summed E-state index contributed by atoms with van der Waals surface area (Å²) in [5.74, 6) is 2.28. The van der Waals surface area contributed by atoms with Crippen molar-refractivity contribution in [2.75, 3.05) is 7.11 Å². The van der Waals surface area contributed by atoms with Gasteiger partial charge in [0, 0.05) is 0 Å². The summed E-state index contributed by atoms with van der Waals surface area (Å²) >= 11 is 1.49. The van der Waals surface area contributed by atoms with E-state index in [4.69, 9.17) is 9.26 Å². The molecule has 1 aliphatic rings. The van der Waals surface area contributed by atoms with Gasteiger partial charge in [-0.1, -0.05) is 29.1 Å². The number of ether oxygens (including phenoxy) is 1. The third kappa shape index (κ3) is 2.91. The lowest BCUT2D eigenvalue weighted by Crippen LogP contribution is -1.98. The second-order valence-electron chi connectivity index (χ2n) is 5.14. The number of tetrazole rings is 1. The normalized spacial score (nSPS) is 14.1. The highest BCUT2D eigenvalue weighted by Gasteiger charge is 2.28. The molecular formula is C14H14N6O2S.